The third kappa shape index (κ3) is 4.35. The quantitative estimate of drug-likeness (QED) is 0.596. The lowest BCUT2D eigenvalue weighted by Crippen LogP contribution is -2.46. The van der Waals surface area contributed by atoms with Crippen LogP contribution in [0.5, 0.6) is 11.5 Å². The van der Waals surface area contributed by atoms with Crippen molar-refractivity contribution in [2.75, 3.05) is 39.9 Å². The number of rotatable bonds is 7. The lowest BCUT2D eigenvalue weighted by Gasteiger charge is -2.27. The van der Waals surface area contributed by atoms with Crippen molar-refractivity contribution in [3.63, 3.8) is 0 Å². The van der Waals surface area contributed by atoms with E-state index in [0.717, 1.165) is 13.1 Å². The van der Waals surface area contributed by atoms with Gasteiger partial charge in [-0.15, -0.1) is 0 Å². The van der Waals surface area contributed by atoms with Gasteiger partial charge in [0.15, 0.2) is 11.5 Å². The number of hydrogen-bond acceptors (Lipinski definition) is 6. The monoisotopic (exact) mass is 337 g/mol. The van der Waals surface area contributed by atoms with Crippen LogP contribution >= 0.6 is 0 Å². The summed E-state index contributed by atoms with van der Waals surface area (Å²) in [7, 11) is 1.44. The van der Waals surface area contributed by atoms with Crippen molar-refractivity contribution in [3.05, 3.63) is 27.8 Å². The number of nitro groups is 1. The molecule has 2 rings (SSSR count). The number of hydrogen-bond donors (Lipinski definition) is 1. The van der Waals surface area contributed by atoms with E-state index in [2.05, 4.69) is 5.32 Å². The molecule has 8 nitrogen and oxygen atoms in total. The zero-order valence-electron chi connectivity index (χ0n) is 14.0. The van der Waals surface area contributed by atoms with Gasteiger partial charge in [-0.3, -0.25) is 14.9 Å². The Bertz CT molecular complexity index is 600. The first kappa shape index (κ1) is 18.0. The highest BCUT2D eigenvalue weighted by Crippen LogP contribution is 2.35. The van der Waals surface area contributed by atoms with Gasteiger partial charge in [0.25, 0.3) is 5.69 Å². The van der Waals surface area contributed by atoms with Crippen molar-refractivity contribution < 1.29 is 19.2 Å². The molecule has 1 aliphatic rings. The number of carbonyl (C=O) groups excluding carboxylic acids is 1. The minimum absolute atomic E-state index is 0.0135. The molecule has 0 aliphatic carbocycles. The first-order chi connectivity index (χ1) is 11.6. The maximum Gasteiger partial charge on any atom is 0.276 e. The molecule has 1 N–H and O–H groups in total. The molecule has 0 radical (unpaired) electrons. The summed E-state index contributed by atoms with van der Waals surface area (Å²) < 4.78 is 10.6. The van der Waals surface area contributed by atoms with Gasteiger partial charge in [0, 0.05) is 38.2 Å². The number of nitro benzene ring substituents is 1. The maximum atomic E-state index is 12.3. The van der Waals surface area contributed by atoms with Crippen molar-refractivity contribution in [2.24, 2.45) is 0 Å². The summed E-state index contributed by atoms with van der Waals surface area (Å²) in [5.41, 5.74) is 0.427. The zero-order chi connectivity index (χ0) is 17.5. The first-order valence-electron chi connectivity index (χ1n) is 8.03. The molecule has 0 unspecified atom stereocenters. The summed E-state index contributed by atoms with van der Waals surface area (Å²) in [4.78, 5) is 24.9. The molecule has 1 fully saturated rings. The molecule has 0 bridgehead atoms. The van der Waals surface area contributed by atoms with E-state index in [1.165, 1.54) is 13.2 Å². The molecule has 24 heavy (non-hydrogen) atoms. The lowest BCUT2D eigenvalue weighted by molar-refractivity contribution is -0.385. The van der Waals surface area contributed by atoms with E-state index < -0.39 is 4.92 Å². The smallest absolute Gasteiger partial charge is 0.276 e. The summed E-state index contributed by atoms with van der Waals surface area (Å²) in [6.45, 7) is 5.16. The molecular formula is C16H23N3O5. The van der Waals surface area contributed by atoms with Gasteiger partial charge < -0.3 is 19.7 Å². The number of piperazine rings is 1. The maximum absolute atomic E-state index is 12.3. The fourth-order valence-electron chi connectivity index (χ4n) is 2.70. The van der Waals surface area contributed by atoms with Gasteiger partial charge in [0.05, 0.1) is 24.7 Å². The third-order valence-electron chi connectivity index (χ3n) is 3.94. The van der Waals surface area contributed by atoms with E-state index in [1.54, 1.807) is 11.0 Å². The Balaban J connectivity index is 2.16. The van der Waals surface area contributed by atoms with Crippen LogP contribution < -0.4 is 14.8 Å². The molecule has 1 aliphatic heterocycles. The SMILES string of the molecule is CCOc1cc(CCC(=O)N2CCNCC2)c([N+](=O)[O-])cc1OC. The number of nitrogens with zero attached hydrogens (tertiary/aromatic N) is 2. The summed E-state index contributed by atoms with van der Waals surface area (Å²) in [5, 5.41) is 14.5. The van der Waals surface area contributed by atoms with E-state index in [4.69, 9.17) is 9.47 Å². The van der Waals surface area contributed by atoms with E-state index >= 15 is 0 Å². The Hall–Kier alpha value is -2.35. The summed E-state index contributed by atoms with van der Waals surface area (Å²) in [6.07, 6.45) is 0.530. The van der Waals surface area contributed by atoms with Gasteiger partial charge in [0.1, 0.15) is 0 Å². The Morgan fingerprint density at radius 2 is 2.04 bits per heavy atom. The fourth-order valence-corrected chi connectivity index (χ4v) is 2.70. The number of ether oxygens (including phenoxy) is 2. The van der Waals surface area contributed by atoms with Crippen molar-refractivity contribution in [1.29, 1.82) is 0 Å². The van der Waals surface area contributed by atoms with Crippen LogP contribution in [0.2, 0.25) is 0 Å². The summed E-state index contributed by atoms with van der Waals surface area (Å²) >= 11 is 0. The molecule has 132 valence electrons. The molecule has 0 aromatic heterocycles. The Kier molecular flexibility index (Phi) is 6.36. The number of benzene rings is 1. The van der Waals surface area contributed by atoms with Crippen molar-refractivity contribution in [1.82, 2.24) is 10.2 Å². The first-order valence-corrected chi connectivity index (χ1v) is 8.03. The normalized spacial score (nSPS) is 14.3. The van der Waals surface area contributed by atoms with Crippen molar-refractivity contribution in [2.45, 2.75) is 19.8 Å². The van der Waals surface area contributed by atoms with Gasteiger partial charge in [0.2, 0.25) is 5.91 Å². The van der Waals surface area contributed by atoms with E-state index in [9.17, 15) is 14.9 Å². The molecule has 1 aromatic rings. The molecule has 1 aromatic carbocycles. The largest absolute Gasteiger partial charge is 0.493 e. The van der Waals surface area contributed by atoms with Crippen LogP contribution in [0.3, 0.4) is 0 Å². The average molecular weight is 337 g/mol. The van der Waals surface area contributed by atoms with Gasteiger partial charge in [-0.25, -0.2) is 0 Å². The zero-order valence-corrected chi connectivity index (χ0v) is 14.0. The number of methoxy groups -OCH3 is 1. The second kappa shape index (κ2) is 8.49. The second-order valence-electron chi connectivity index (χ2n) is 5.45. The standard InChI is InChI=1S/C16H23N3O5/c1-3-24-15-10-12(13(19(21)22)11-14(15)23-2)4-5-16(20)18-8-6-17-7-9-18/h10-11,17H,3-9H2,1-2H3. The minimum Gasteiger partial charge on any atom is -0.493 e. The van der Waals surface area contributed by atoms with Crippen LogP contribution in [-0.4, -0.2) is 55.6 Å². The van der Waals surface area contributed by atoms with Gasteiger partial charge >= 0.3 is 0 Å². The van der Waals surface area contributed by atoms with Crippen LogP contribution in [0.1, 0.15) is 18.9 Å². The Labute approximate surface area is 140 Å². The summed E-state index contributed by atoms with van der Waals surface area (Å²) in [6, 6.07) is 2.96. The highest BCUT2D eigenvalue weighted by Gasteiger charge is 2.22. The molecule has 0 atom stereocenters. The van der Waals surface area contributed by atoms with Crippen molar-refractivity contribution in [3.8, 4) is 11.5 Å². The number of amides is 1. The Morgan fingerprint density at radius 1 is 1.33 bits per heavy atom. The summed E-state index contributed by atoms with van der Waals surface area (Å²) in [5.74, 6) is 0.788. The van der Waals surface area contributed by atoms with Gasteiger partial charge in [-0.2, -0.15) is 0 Å². The van der Waals surface area contributed by atoms with Crippen LogP contribution in [0.25, 0.3) is 0 Å². The third-order valence-corrected chi connectivity index (χ3v) is 3.94. The van der Waals surface area contributed by atoms with Crippen LogP contribution in [0, 0.1) is 10.1 Å². The molecule has 0 saturated carbocycles. The van der Waals surface area contributed by atoms with Gasteiger partial charge in [-0.05, 0) is 19.4 Å². The fraction of sp³-hybridized carbons (Fsp3) is 0.562. The second-order valence-corrected chi connectivity index (χ2v) is 5.45. The van der Waals surface area contributed by atoms with E-state index in [1.807, 2.05) is 6.92 Å². The van der Waals surface area contributed by atoms with Gasteiger partial charge in [-0.1, -0.05) is 0 Å². The van der Waals surface area contributed by atoms with Crippen molar-refractivity contribution >= 4 is 11.6 Å². The Morgan fingerprint density at radius 3 is 2.62 bits per heavy atom. The topological polar surface area (TPSA) is 93.9 Å². The number of nitrogens with one attached hydrogen (secondary N) is 1. The van der Waals surface area contributed by atoms with Crippen LogP contribution in [0.4, 0.5) is 5.69 Å². The molecule has 8 heteroatoms. The molecule has 1 heterocycles. The molecule has 0 spiro atoms. The molecule has 1 saturated heterocycles. The van der Waals surface area contributed by atoms with E-state index in [-0.39, 0.29) is 18.0 Å². The van der Waals surface area contributed by atoms with Crippen LogP contribution in [0.15, 0.2) is 12.1 Å². The molecule has 1 amide bonds. The average Bonchev–Trinajstić information content (AvgIpc) is 2.60. The number of carbonyl (C=O) groups is 1. The number of aryl methyl sites for hydroxylation is 1. The van der Waals surface area contributed by atoms with Crippen LogP contribution in [-0.2, 0) is 11.2 Å². The lowest BCUT2D eigenvalue weighted by atomic mass is 10.1. The predicted octanol–water partition coefficient (Wildman–Crippen LogP) is 1.37. The molecular weight excluding hydrogens is 314 g/mol. The highest BCUT2D eigenvalue weighted by molar-refractivity contribution is 5.77. The minimum atomic E-state index is -0.455. The predicted molar refractivity (Wildman–Crippen MR) is 88.6 cm³/mol. The van der Waals surface area contributed by atoms with E-state index in [0.29, 0.717) is 43.2 Å². The highest BCUT2D eigenvalue weighted by atomic mass is 16.6.